The molecule has 1 heterocycles. The third-order valence-corrected chi connectivity index (χ3v) is 3.45. The van der Waals surface area contributed by atoms with E-state index >= 15 is 0 Å². The summed E-state index contributed by atoms with van der Waals surface area (Å²) in [6.07, 6.45) is 2.78. The van der Waals surface area contributed by atoms with E-state index in [-0.39, 0.29) is 24.4 Å². The Labute approximate surface area is 148 Å². The summed E-state index contributed by atoms with van der Waals surface area (Å²) in [5.41, 5.74) is 0.851. The van der Waals surface area contributed by atoms with Crippen LogP contribution >= 0.6 is 0 Å². The van der Waals surface area contributed by atoms with Gasteiger partial charge in [-0.2, -0.15) is 0 Å². The van der Waals surface area contributed by atoms with Crippen LogP contribution in [0, 0.1) is 0 Å². The summed E-state index contributed by atoms with van der Waals surface area (Å²) in [6, 6.07) is 3.39. The van der Waals surface area contributed by atoms with Gasteiger partial charge in [-0.05, 0) is 18.9 Å². The monoisotopic (exact) mass is 352 g/mol. The Hall–Kier alpha value is -2.35. The molecule has 0 aliphatic heterocycles. The molecule has 1 aromatic rings. The fourth-order valence-corrected chi connectivity index (χ4v) is 1.81. The maximum absolute atomic E-state index is 11.7. The lowest BCUT2D eigenvalue weighted by molar-refractivity contribution is -0.121. The molecule has 0 radical (unpaired) electrons. The van der Waals surface area contributed by atoms with E-state index in [9.17, 15) is 9.59 Å². The fourth-order valence-electron chi connectivity index (χ4n) is 1.81. The highest BCUT2D eigenvalue weighted by Gasteiger charge is 2.06. The van der Waals surface area contributed by atoms with Gasteiger partial charge in [-0.15, -0.1) is 0 Å². The van der Waals surface area contributed by atoms with Crippen molar-refractivity contribution in [1.82, 2.24) is 20.9 Å². The third-order valence-electron chi connectivity index (χ3n) is 3.45. The average molecular weight is 352 g/mol. The molecule has 140 valence electrons. The standard InChI is InChI=1S/C17H28N4O4/c1-4-13(2)21-15(22)7-8-18-17(23)20-12-14-5-6-16(19-11-14)25-10-9-24-3/h5-6,11,13H,4,7-10,12H2,1-3H3,(H,21,22)(H2,18,20,23). The van der Waals surface area contributed by atoms with Crippen LogP contribution in [0.1, 0.15) is 32.3 Å². The van der Waals surface area contributed by atoms with Gasteiger partial charge in [-0.25, -0.2) is 9.78 Å². The smallest absolute Gasteiger partial charge is 0.315 e. The van der Waals surface area contributed by atoms with Crippen molar-refractivity contribution in [2.24, 2.45) is 0 Å². The van der Waals surface area contributed by atoms with Gasteiger partial charge in [0.15, 0.2) is 0 Å². The van der Waals surface area contributed by atoms with Crippen molar-refractivity contribution in [2.75, 3.05) is 26.9 Å². The molecule has 0 aliphatic rings. The van der Waals surface area contributed by atoms with Gasteiger partial charge < -0.3 is 25.4 Å². The first-order chi connectivity index (χ1) is 12.0. The number of hydrogen-bond donors (Lipinski definition) is 3. The van der Waals surface area contributed by atoms with Crippen LogP contribution in [0.4, 0.5) is 4.79 Å². The van der Waals surface area contributed by atoms with Gasteiger partial charge in [0.2, 0.25) is 11.8 Å². The maximum Gasteiger partial charge on any atom is 0.315 e. The molecule has 8 nitrogen and oxygen atoms in total. The Morgan fingerprint density at radius 2 is 2.04 bits per heavy atom. The normalized spacial score (nSPS) is 11.5. The summed E-state index contributed by atoms with van der Waals surface area (Å²) in [6.45, 7) is 5.52. The van der Waals surface area contributed by atoms with Crippen LogP contribution < -0.4 is 20.7 Å². The van der Waals surface area contributed by atoms with Crippen molar-refractivity contribution in [1.29, 1.82) is 0 Å². The molecule has 0 bridgehead atoms. The topological polar surface area (TPSA) is 102 Å². The number of rotatable bonds is 11. The summed E-state index contributed by atoms with van der Waals surface area (Å²) in [7, 11) is 1.61. The largest absolute Gasteiger partial charge is 0.475 e. The van der Waals surface area contributed by atoms with Crippen molar-refractivity contribution < 1.29 is 19.1 Å². The molecular weight excluding hydrogens is 324 g/mol. The number of nitrogens with zero attached hydrogens (tertiary/aromatic N) is 1. The zero-order valence-corrected chi connectivity index (χ0v) is 15.1. The van der Waals surface area contributed by atoms with Crippen LogP contribution in [0.15, 0.2) is 18.3 Å². The number of pyridine rings is 1. The molecule has 3 N–H and O–H groups in total. The van der Waals surface area contributed by atoms with E-state index in [2.05, 4.69) is 20.9 Å². The van der Waals surface area contributed by atoms with Crippen molar-refractivity contribution in [2.45, 2.75) is 39.3 Å². The number of ether oxygens (including phenoxy) is 2. The van der Waals surface area contributed by atoms with Gasteiger partial charge in [0.1, 0.15) is 6.61 Å². The Kier molecular flexibility index (Phi) is 10.00. The minimum Gasteiger partial charge on any atom is -0.475 e. The number of carbonyl (C=O) groups excluding carboxylic acids is 2. The predicted octanol–water partition coefficient (Wildman–Crippen LogP) is 1.21. The summed E-state index contributed by atoms with van der Waals surface area (Å²) < 4.78 is 10.3. The lowest BCUT2D eigenvalue weighted by Gasteiger charge is -2.12. The number of aromatic nitrogens is 1. The van der Waals surface area contributed by atoms with Gasteiger partial charge in [-0.1, -0.05) is 13.0 Å². The quantitative estimate of drug-likeness (QED) is 0.520. The molecule has 0 aromatic carbocycles. The van der Waals surface area contributed by atoms with E-state index in [0.29, 0.717) is 32.2 Å². The SMILES string of the molecule is CCC(C)NC(=O)CCNC(=O)NCc1ccc(OCCOC)nc1. The Balaban J connectivity index is 2.20. The van der Waals surface area contributed by atoms with Gasteiger partial charge in [0.25, 0.3) is 0 Å². The molecule has 1 rings (SSSR count). The highest BCUT2D eigenvalue weighted by molar-refractivity contribution is 5.78. The lowest BCUT2D eigenvalue weighted by atomic mass is 10.2. The Morgan fingerprint density at radius 3 is 2.68 bits per heavy atom. The van der Waals surface area contributed by atoms with Crippen molar-refractivity contribution in [3.8, 4) is 5.88 Å². The minimum absolute atomic E-state index is 0.0667. The molecule has 0 spiro atoms. The molecule has 0 aliphatic carbocycles. The number of methoxy groups -OCH3 is 1. The van der Waals surface area contributed by atoms with Crippen molar-refractivity contribution in [3.63, 3.8) is 0 Å². The molecule has 3 amide bonds. The second-order valence-corrected chi connectivity index (χ2v) is 5.58. The molecule has 8 heteroatoms. The summed E-state index contributed by atoms with van der Waals surface area (Å²) in [5.74, 6) is 0.445. The molecule has 0 fully saturated rings. The number of carbonyl (C=O) groups is 2. The zero-order chi connectivity index (χ0) is 18.5. The molecule has 1 aromatic heterocycles. The molecule has 0 saturated carbocycles. The number of amides is 3. The first kappa shape index (κ1) is 20.7. The van der Waals surface area contributed by atoms with Crippen LogP contribution in [0.5, 0.6) is 5.88 Å². The molecule has 0 saturated heterocycles. The van der Waals surface area contributed by atoms with E-state index in [4.69, 9.17) is 9.47 Å². The summed E-state index contributed by atoms with van der Waals surface area (Å²) in [5, 5.41) is 8.21. The van der Waals surface area contributed by atoms with Crippen molar-refractivity contribution in [3.05, 3.63) is 23.9 Å². The van der Waals surface area contributed by atoms with Gasteiger partial charge in [-0.3, -0.25) is 4.79 Å². The van der Waals surface area contributed by atoms with Crippen LogP contribution in [0.25, 0.3) is 0 Å². The average Bonchev–Trinajstić information content (AvgIpc) is 2.61. The van der Waals surface area contributed by atoms with E-state index in [1.165, 1.54) is 0 Å². The van der Waals surface area contributed by atoms with Crippen molar-refractivity contribution >= 4 is 11.9 Å². The highest BCUT2D eigenvalue weighted by atomic mass is 16.5. The molecular formula is C17H28N4O4. The second kappa shape index (κ2) is 12.1. The minimum atomic E-state index is -0.322. The van der Waals surface area contributed by atoms with Crippen LogP contribution in [-0.2, 0) is 16.1 Å². The van der Waals surface area contributed by atoms with E-state index in [1.807, 2.05) is 19.9 Å². The number of urea groups is 1. The molecule has 25 heavy (non-hydrogen) atoms. The Bertz CT molecular complexity index is 522. The van der Waals surface area contributed by atoms with Gasteiger partial charge >= 0.3 is 6.03 Å². The van der Waals surface area contributed by atoms with Crippen LogP contribution in [0.3, 0.4) is 0 Å². The summed E-state index contributed by atoms with van der Waals surface area (Å²) in [4.78, 5) is 27.4. The van der Waals surface area contributed by atoms with Gasteiger partial charge in [0.05, 0.1) is 6.61 Å². The predicted molar refractivity (Wildman–Crippen MR) is 94.4 cm³/mol. The van der Waals surface area contributed by atoms with E-state index < -0.39 is 0 Å². The fraction of sp³-hybridized carbons (Fsp3) is 0.588. The maximum atomic E-state index is 11.7. The van der Waals surface area contributed by atoms with Gasteiger partial charge in [0, 0.05) is 44.9 Å². The second-order valence-electron chi connectivity index (χ2n) is 5.58. The number of nitrogens with one attached hydrogen (secondary N) is 3. The zero-order valence-electron chi connectivity index (χ0n) is 15.1. The number of hydrogen-bond acceptors (Lipinski definition) is 5. The van der Waals surface area contributed by atoms with E-state index in [0.717, 1.165) is 12.0 Å². The van der Waals surface area contributed by atoms with Crippen LogP contribution in [0.2, 0.25) is 0 Å². The molecule has 1 unspecified atom stereocenters. The lowest BCUT2D eigenvalue weighted by Crippen LogP contribution is -2.38. The highest BCUT2D eigenvalue weighted by Crippen LogP contribution is 2.07. The van der Waals surface area contributed by atoms with Crippen LogP contribution in [-0.4, -0.2) is 49.8 Å². The first-order valence-corrected chi connectivity index (χ1v) is 8.42. The third kappa shape index (κ3) is 9.51. The Morgan fingerprint density at radius 1 is 1.24 bits per heavy atom. The molecule has 1 atom stereocenters. The van der Waals surface area contributed by atoms with E-state index in [1.54, 1.807) is 19.4 Å². The summed E-state index contributed by atoms with van der Waals surface area (Å²) >= 11 is 0. The first-order valence-electron chi connectivity index (χ1n) is 8.42.